The van der Waals surface area contributed by atoms with Crippen molar-refractivity contribution in [3.05, 3.63) is 64.4 Å². The van der Waals surface area contributed by atoms with Crippen molar-refractivity contribution in [2.45, 2.75) is 39.2 Å². The molecule has 0 aliphatic carbocycles. The van der Waals surface area contributed by atoms with Crippen LogP contribution in [0.15, 0.2) is 47.6 Å². The Labute approximate surface area is 186 Å². The third kappa shape index (κ3) is 4.38. The second-order valence-electron chi connectivity index (χ2n) is 7.70. The Morgan fingerprint density at radius 3 is 2.90 bits per heavy atom. The fourth-order valence-electron chi connectivity index (χ4n) is 3.66. The molecule has 0 bridgehead atoms. The molecule has 2 N–H and O–H groups in total. The first-order valence-corrected chi connectivity index (χ1v) is 10.7. The van der Waals surface area contributed by atoms with E-state index in [9.17, 15) is 4.79 Å². The summed E-state index contributed by atoms with van der Waals surface area (Å²) in [5.74, 6) is 0.184. The van der Waals surface area contributed by atoms with Gasteiger partial charge in [-0.05, 0) is 54.8 Å². The summed E-state index contributed by atoms with van der Waals surface area (Å²) in [5, 5.41) is 14.9. The number of hydrogen-bond donors (Lipinski definition) is 2. The maximum Gasteiger partial charge on any atom is 0.230 e. The zero-order chi connectivity index (χ0) is 22.0. The third-order valence-electron chi connectivity index (χ3n) is 5.52. The second-order valence-corrected chi connectivity index (χ2v) is 8.11. The summed E-state index contributed by atoms with van der Waals surface area (Å²) in [6.07, 6.45) is 2.88. The number of carbonyl (C=O) groups is 1. The molecule has 0 saturated heterocycles. The maximum absolute atomic E-state index is 12.6. The minimum atomic E-state index is -0.119. The van der Waals surface area contributed by atoms with Gasteiger partial charge in [0.2, 0.25) is 5.91 Å². The molecule has 1 aliphatic rings. The van der Waals surface area contributed by atoms with E-state index < -0.39 is 0 Å². The van der Waals surface area contributed by atoms with Crippen LogP contribution in [0.5, 0.6) is 0 Å². The zero-order valence-electron chi connectivity index (χ0n) is 17.8. The standard InChI is InChI=1S/C23H25ClN6O/c1-4-14(2)18-9-21-22(10-19(18)24)28-23(31)11-20(27-21)15-6-5-7-16(8-15)30-17(12-25-3)13-26-29-30/h5-10,13-14,25H,4,11-12H2,1-3H3,(H,28,31). The lowest BCUT2D eigenvalue weighted by atomic mass is 9.97. The molecule has 160 valence electrons. The molecule has 1 aromatic heterocycles. The van der Waals surface area contributed by atoms with Crippen molar-refractivity contribution in [2.75, 3.05) is 12.4 Å². The molecule has 1 aliphatic heterocycles. The second kappa shape index (κ2) is 8.99. The van der Waals surface area contributed by atoms with E-state index in [2.05, 4.69) is 34.8 Å². The van der Waals surface area contributed by atoms with Crippen LogP contribution in [0.4, 0.5) is 11.4 Å². The Morgan fingerprint density at radius 1 is 1.29 bits per heavy atom. The maximum atomic E-state index is 12.6. The lowest BCUT2D eigenvalue weighted by Crippen LogP contribution is -2.15. The molecule has 31 heavy (non-hydrogen) atoms. The summed E-state index contributed by atoms with van der Waals surface area (Å²) in [4.78, 5) is 17.5. The number of aliphatic imine (C=N–C) groups is 1. The fourth-order valence-corrected chi connectivity index (χ4v) is 4.01. The molecule has 8 heteroatoms. The Kier molecular flexibility index (Phi) is 6.15. The molecule has 2 heterocycles. The van der Waals surface area contributed by atoms with Crippen LogP contribution < -0.4 is 10.6 Å². The lowest BCUT2D eigenvalue weighted by Gasteiger charge is -2.14. The first-order chi connectivity index (χ1) is 15.0. The van der Waals surface area contributed by atoms with Crippen LogP contribution in [0.2, 0.25) is 5.02 Å². The Morgan fingerprint density at radius 2 is 2.13 bits per heavy atom. The van der Waals surface area contributed by atoms with Gasteiger partial charge in [0.1, 0.15) is 0 Å². The van der Waals surface area contributed by atoms with Gasteiger partial charge in [-0.15, -0.1) is 5.10 Å². The van der Waals surface area contributed by atoms with E-state index in [4.69, 9.17) is 16.6 Å². The number of amides is 1. The molecule has 0 fully saturated rings. The Balaban J connectivity index is 1.78. The molecule has 2 aromatic carbocycles. The number of halogens is 1. The van der Waals surface area contributed by atoms with Crippen LogP contribution >= 0.6 is 11.6 Å². The van der Waals surface area contributed by atoms with Crippen molar-refractivity contribution in [3.8, 4) is 5.69 Å². The van der Waals surface area contributed by atoms with Gasteiger partial charge < -0.3 is 10.6 Å². The van der Waals surface area contributed by atoms with Gasteiger partial charge in [-0.2, -0.15) is 0 Å². The van der Waals surface area contributed by atoms with Gasteiger partial charge >= 0.3 is 0 Å². The predicted octanol–water partition coefficient (Wildman–Crippen LogP) is 4.62. The molecule has 3 aromatic rings. The molecule has 0 spiro atoms. The molecule has 4 rings (SSSR count). The molecule has 1 amide bonds. The Bertz CT molecular complexity index is 1150. The van der Waals surface area contributed by atoms with E-state index in [0.717, 1.165) is 34.6 Å². The van der Waals surface area contributed by atoms with Gasteiger partial charge in [-0.3, -0.25) is 9.79 Å². The van der Waals surface area contributed by atoms with Crippen LogP contribution in [0.25, 0.3) is 5.69 Å². The van der Waals surface area contributed by atoms with Crippen LogP contribution in [-0.4, -0.2) is 33.7 Å². The topological polar surface area (TPSA) is 84.2 Å². The minimum Gasteiger partial charge on any atom is -0.324 e. The first-order valence-electron chi connectivity index (χ1n) is 10.4. The fraction of sp³-hybridized carbons (Fsp3) is 0.304. The number of benzene rings is 2. The van der Waals surface area contributed by atoms with Gasteiger partial charge in [0.15, 0.2) is 0 Å². The van der Waals surface area contributed by atoms with Crippen LogP contribution in [0.1, 0.15) is 49.4 Å². The smallest absolute Gasteiger partial charge is 0.230 e. The van der Waals surface area contributed by atoms with Crippen LogP contribution in [0, 0.1) is 0 Å². The SMILES string of the molecule is CCC(C)c1cc2c(cc1Cl)NC(=O)CC(c1cccc(-n3nncc3CNC)c1)=N2. The average molecular weight is 437 g/mol. The number of nitrogens with one attached hydrogen (secondary N) is 2. The molecular formula is C23H25ClN6O. The van der Waals surface area contributed by atoms with Crippen molar-refractivity contribution in [1.29, 1.82) is 0 Å². The summed E-state index contributed by atoms with van der Waals surface area (Å²) in [5.41, 5.74) is 5.78. The third-order valence-corrected chi connectivity index (χ3v) is 5.84. The highest BCUT2D eigenvalue weighted by Crippen LogP contribution is 2.38. The van der Waals surface area contributed by atoms with Gasteiger partial charge in [-0.25, -0.2) is 4.68 Å². The predicted molar refractivity (Wildman–Crippen MR) is 124 cm³/mol. The summed E-state index contributed by atoms with van der Waals surface area (Å²) in [7, 11) is 1.88. The number of aromatic nitrogens is 3. The molecule has 0 radical (unpaired) electrons. The summed E-state index contributed by atoms with van der Waals surface area (Å²) >= 11 is 6.49. The summed E-state index contributed by atoms with van der Waals surface area (Å²) in [6.45, 7) is 4.91. The number of nitrogens with zero attached hydrogens (tertiary/aromatic N) is 4. The normalized spacial score (nSPS) is 14.5. The quantitative estimate of drug-likeness (QED) is 0.590. The highest BCUT2D eigenvalue weighted by molar-refractivity contribution is 6.32. The molecule has 0 saturated carbocycles. The van der Waals surface area contributed by atoms with Crippen molar-refractivity contribution in [1.82, 2.24) is 20.3 Å². The number of fused-ring (bicyclic) bond motifs is 1. The molecule has 1 atom stereocenters. The molecule has 7 nitrogen and oxygen atoms in total. The number of anilines is 1. The van der Waals surface area contributed by atoms with Crippen LogP contribution in [-0.2, 0) is 11.3 Å². The van der Waals surface area contributed by atoms with Crippen molar-refractivity contribution in [3.63, 3.8) is 0 Å². The van der Waals surface area contributed by atoms with Crippen molar-refractivity contribution in [2.24, 2.45) is 4.99 Å². The van der Waals surface area contributed by atoms with Gasteiger partial charge in [-0.1, -0.05) is 42.8 Å². The largest absolute Gasteiger partial charge is 0.324 e. The first kappa shape index (κ1) is 21.2. The zero-order valence-corrected chi connectivity index (χ0v) is 18.6. The van der Waals surface area contributed by atoms with E-state index in [0.29, 0.717) is 28.9 Å². The van der Waals surface area contributed by atoms with E-state index >= 15 is 0 Å². The summed E-state index contributed by atoms with van der Waals surface area (Å²) < 4.78 is 1.78. The highest BCUT2D eigenvalue weighted by Gasteiger charge is 2.20. The number of rotatable bonds is 6. The van der Waals surface area contributed by atoms with E-state index in [1.54, 1.807) is 16.9 Å². The van der Waals surface area contributed by atoms with Gasteiger partial charge in [0.25, 0.3) is 0 Å². The van der Waals surface area contributed by atoms with Gasteiger partial charge in [0.05, 0.1) is 41.1 Å². The number of carbonyl (C=O) groups excluding carboxylic acids is 1. The monoisotopic (exact) mass is 436 g/mol. The highest BCUT2D eigenvalue weighted by atomic mass is 35.5. The molecule has 1 unspecified atom stereocenters. The van der Waals surface area contributed by atoms with E-state index in [1.165, 1.54) is 0 Å². The average Bonchev–Trinajstić information content (AvgIpc) is 3.16. The summed E-state index contributed by atoms with van der Waals surface area (Å²) in [6, 6.07) is 11.6. The molecular weight excluding hydrogens is 412 g/mol. The lowest BCUT2D eigenvalue weighted by molar-refractivity contribution is -0.115. The van der Waals surface area contributed by atoms with E-state index in [-0.39, 0.29) is 12.3 Å². The number of hydrogen-bond acceptors (Lipinski definition) is 5. The Hall–Kier alpha value is -3.03. The van der Waals surface area contributed by atoms with E-state index in [1.807, 2.05) is 37.4 Å². The van der Waals surface area contributed by atoms with Crippen molar-refractivity contribution < 1.29 is 4.79 Å². The van der Waals surface area contributed by atoms with Gasteiger partial charge in [0, 0.05) is 11.6 Å². The van der Waals surface area contributed by atoms with Crippen LogP contribution in [0.3, 0.4) is 0 Å². The van der Waals surface area contributed by atoms with Crippen molar-refractivity contribution >= 4 is 34.6 Å². The minimum absolute atomic E-state index is 0.119.